The van der Waals surface area contributed by atoms with E-state index in [1.807, 2.05) is 20.8 Å². The normalized spacial score (nSPS) is 24.8. The van der Waals surface area contributed by atoms with E-state index < -0.39 is 35.6 Å². The Kier molecular flexibility index (Phi) is 17.1. The minimum absolute atomic E-state index is 0.151. The van der Waals surface area contributed by atoms with Gasteiger partial charge in [-0.05, 0) is 57.2 Å². The van der Waals surface area contributed by atoms with E-state index in [1.165, 1.54) is 24.5 Å². The second kappa shape index (κ2) is 20.5. The molecule has 3 fully saturated rings. The first kappa shape index (κ1) is 45.0. The highest BCUT2D eigenvalue weighted by molar-refractivity contribution is 7.93. The van der Waals surface area contributed by atoms with Gasteiger partial charge in [0.2, 0.25) is 0 Å². The first-order chi connectivity index (χ1) is 25.3. The molecular formula is C31H39F10N9O3S. The topological polar surface area (TPSA) is 141 Å². The Morgan fingerprint density at radius 1 is 0.481 bits per heavy atom. The standard InChI is InChI=1S/3C10H12F3N3O.CH3FS/c3*1-6-4-17-5-8(14-6)7-2-3-9(16-15-7)10(11,12)13;1-3-2/h3*2-3,6,8,14H,4-5H2,1H3;1H3/t2*6-,8-;;/m10../s1. The predicted octanol–water partition coefficient (Wildman–Crippen LogP) is 5.87. The van der Waals surface area contributed by atoms with Crippen LogP contribution in [0.2, 0.25) is 0 Å². The van der Waals surface area contributed by atoms with Crippen LogP contribution in [-0.2, 0) is 32.7 Å². The largest absolute Gasteiger partial charge is 0.435 e. The first-order valence-electron chi connectivity index (χ1n) is 16.2. The molecule has 0 saturated carbocycles. The van der Waals surface area contributed by atoms with Gasteiger partial charge in [-0.2, -0.15) is 58.7 Å². The maximum atomic E-state index is 12.3. The lowest BCUT2D eigenvalue weighted by Gasteiger charge is -2.28. The second-order valence-corrected chi connectivity index (χ2v) is 12.5. The van der Waals surface area contributed by atoms with Gasteiger partial charge in [0.1, 0.15) is 0 Å². The molecule has 0 aliphatic carbocycles. The molecule has 6 atom stereocenters. The van der Waals surface area contributed by atoms with Crippen LogP contribution < -0.4 is 16.0 Å². The zero-order chi connectivity index (χ0) is 40.1. The van der Waals surface area contributed by atoms with Crippen molar-refractivity contribution in [1.82, 2.24) is 46.5 Å². The molecule has 3 N–H and O–H groups in total. The van der Waals surface area contributed by atoms with Crippen molar-refractivity contribution in [2.75, 3.05) is 45.9 Å². The molecule has 6 rings (SSSR count). The quantitative estimate of drug-likeness (QED) is 0.272. The summed E-state index contributed by atoms with van der Waals surface area (Å²) < 4.78 is 137. The molecule has 302 valence electrons. The number of nitrogens with zero attached hydrogens (tertiary/aromatic N) is 6. The Balaban J connectivity index is 0.000000210. The van der Waals surface area contributed by atoms with Crippen molar-refractivity contribution < 1.29 is 57.6 Å². The number of morpholine rings is 3. The zero-order valence-corrected chi connectivity index (χ0v) is 30.1. The van der Waals surface area contributed by atoms with E-state index in [0.717, 1.165) is 18.2 Å². The molecule has 2 unspecified atom stereocenters. The van der Waals surface area contributed by atoms with E-state index in [1.54, 1.807) is 0 Å². The lowest BCUT2D eigenvalue weighted by atomic mass is 10.1. The number of alkyl halides is 9. The number of rotatable bonds is 3. The molecule has 3 aromatic rings. The molecule has 0 amide bonds. The summed E-state index contributed by atoms with van der Waals surface area (Å²) in [6.07, 6.45) is -12.0. The third-order valence-corrected chi connectivity index (χ3v) is 7.41. The summed E-state index contributed by atoms with van der Waals surface area (Å²) >= 11 is 0.250. The van der Waals surface area contributed by atoms with Crippen molar-refractivity contribution in [1.29, 1.82) is 0 Å². The zero-order valence-electron chi connectivity index (χ0n) is 29.3. The highest BCUT2D eigenvalue weighted by Gasteiger charge is 2.35. The van der Waals surface area contributed by atoms with Crippen LogP contribution in [0.5, 0.6) is 0 Å². The average molecular weight is 808 g/mol. The Morgan fingerprint density at radius 2 is 0.722 bits per heavy atom. The fourth-order valence-corrected chi connectivity index (χ4v) is 4.96. The molecular weight excluding hydrogens is 768 g/mol. The average Bonchev–Trinajstić information content (AvgIpc) is 3.12. The number of aromatic nitrogens is 6. The van der Waals surface area contributed by atoms with Gasteiger partial charge in [0.25, 0.3) is 0 Å². The molecule has 3 saturated heterocycles. The van der Waals surface area contributed by atoms with Gasteiger partial charge in [0.05, 0.1) is 74.8 Å². The summed E-state index contributed by atoms with van der Waals surface area (Å²) in [5.41, 5.74) is -1.55. The predicted molar refractivity (Wildman–Crippen MR) is 174 cm³/mol. The van der Waals surface area contributed by atoms with Crippen LogP contribution in [0.4, 0.5) is 43.4 Å². The van der Waals surface area contributed by atoms with Crippen molar-refractivity contribution in [2.24, 2.45) is 0 Å². The lowest BCUT2D eigenvalue weighted by Crippen LogP contribution is -2.42. The molecule has 23 heteroatoms. The summed E-state index contributed by atoms with van der Waals surface area (Å²) in [6.45, 7) is 8.75. The maximum Gasteiger partial charge on any atom is 0.435 e. The van der Waals surface area contributed by atoms with Crippen LogP contribution in [-0.4, -0.2) is 94.6 Å². The van der Waals surface area contributed by atoms with Gasteiger partial charge >= 0.3 is 18.5 Å². The van der Waals surface area contributed by atoms with Crippen LogP contribution in [0.25, 0.3) is 0 Å². The van der Waals surface area contributed by atoms with E-state index in [-0.39, 0.29) is 48.4 Å². The molecule has 3 aliphatic heterocycles. The summed E-state index contributed by atoms with van der Waals surface area (Å²) in [5, 5.41) is 29.9. The Morgan fingerprint density at radius 3 is 0.889 bits per heavy atom. The monoisotopic (exact) mass is 807 g/mol. The maximum absolute atomic E-state index is 12.3. The third kappa shape index (κ3) is 14.7. The van der Waals surface area contributed by atoms with E-state index in [2.05, 4.69) is 46.5 Å². The fraction of sp³-hybridized carbons (Fsp3) is 0.613. The van der Waals surface area contributed by atoms with Crippen molar-refractivity contribution in [2.45, 2.75) is 75.6 Å². The molecule has 12 nitrogen and oxygen atoms in total. The second-order valence-electron chi connectivity index (χ2n) is 12.2. The van der Waals surface area contributed by atoms with Crippen molar-refractivity contribution in [3.05, 3.63) is 70.6 Å². The number of halogens is 10. The van der Waals surface area contributed by atoms with Crippen LogP contribution in [0.1, 0.15) is 73.1 Å². The van der Waals surface area contributed by atoms with E-state index in [0.29, 0.717) is 56.7 Å². The van der Waals surface area contributed by atoms with Gasteiger partial charge in [-0.3, -0.25) is 0 Å². The highest BCUT2D eigenvalue weighted by atomic mass is 32.2. The van der Waals surface area contributed by atoms with Crippen LogP contribution >= 0.6 is 12.1 Å². The summed E-state index contributed by atoms with van der Waals surface area (Å²) in [6, 6.07) is 6.64. The van der Waals surface area contributed by atoms with Crippen molar-refractivity contribution in [3.8, 4) is 0 Å². The van der Waals surface area contributed by atoms with Gasteiger partial charge in [0, 0.05) is 36.5 Å². The van der Waals surface area contributed by atoms with Gasteiger partial charge in [-0.15, -0.1) is 15.3 Å². The van der Waals surface area contributed by atoms with E-state index in [4.69, 9.17) is 14.2 Å². The number of hydrogen-bond donors (Lipinski definition) is 3. The molecule has 0 aromatic carbocycles. The Bertz CT molecular complexity index is 1340. The third-order valence-electron chi connectivity index (χ3n) is 7.41. The summed E-state index contributed by atoms with van der Waals surface area (Å²) in [4.78, 5) is 0. The smallest absolute Gasteiger partial charge is 0.378 e. The Labute approximate surface area is 308 Å². The molecule has 3 aliphatic rings. The van der Waals surface area contributed by atoms with Gasteiger partial charge in [-0.1, -0.05) is 0 Å². The summed E-state index contributed by atoms with van der Waals surface area (Å²) in [5.74, 6) is 0. The highest BCUT2D eigenvalue weighted by Crippen LogP contribution is 2.29. The molecule has 0 spiro atoms. The SMILES string of the molecule is CC1COCC(c2ccc(C(F)(F)F)nn2)N1.CSF.C[C@@H]1COC[C@H](c2ccc(C(F)(F)F)nn2)N1.C[C@H]1COC[C@@H](c2ccc(C(F)(F)F)nn2)N1. The van der Waals surface area contributed by atoms with Crippen molar-refractivity contribution in [3.63, 3.8) is 0 Å². The molecule has 6 heterocycles. The molecule has 0 radical (unpaired) electrons. The minimum atomic E-state index is -4.45. The number of ether oxygens (including phenoxy) is 3. The number of nitrogens with one attached hydrogen (secondary N) is 3. The van der Waals surface area contributed by atoms with E-state index >= 15 is 0 Å². The van der Waals surface area contributed by atoms with Crippen LogP contribution in [0, 0.1) is 0 Å². The van der Waals surface area contributed by atoms with Crippen molar-refractivity contribution >= 4 is 12.1 Å². The first-order valence-corrected chi connectivity index (χ1v) is 17.3. The van der Waals surface area contributed by atoms with Crippen LogP contribution in [0.3, 0.4) is 0 Å². The van der Waals surface area contributed by atoms with Crippen LogP contribution in [0.15, 0.2) is 36.4 Å². The fourth-order valence-electron chi connectivity index (χ4n) is 4.96. The Hall–Kier alpha value is -3.35. The van der Waals surface area contributed by atoms with Gasteiger partial charge in [0.15, 0.2) is 17.1 Å². The van der Waals surface area contributed by atoms with Gasteiger partial charge in [-0.25, -0.2) is 0 Å². The molecule has 0 bridgehead atoms. The summed E-state index contributed by atoms with van der Waals surface area (Å²) in [7, 11) is 0. The van der Waals surface area contributed by atoms with E-state index in [9.17, 15) is 43.4 Å². The number of hydrogen-bond acceptors (Lipinski definition) is 13. The molecule has 54 heavy (non-hydrogen) atoms. The lowest BCUT2D eigenvalue weighted by molar-refractivity contribution is -0.142. The molecule has 3 aromatic heterocycles. The van der Waals surface area contributed by atoms with Gasteiger partial charge < -0.3 is 30.2 Å². The minimum Gasteiger partial charge on any atom is -0.378 e.